The van der Waals surface area contributed by atoms with Crippen molar-refractivity contribution in [1.29, 1.82) is 0 Å². The molecular weight excluding hydrogens is 363 g/mol. The molecule has 1 aliphatic rings. The van der Waals surface area contributed by atoms with Gasteiger partial charge in [-0.3, -0.25) is 9.59 Å². The summed E-state index contributed by atoms with van der Waals surface area (Å²) in [4.78, 5) is 25.5. The number of hydrogen-bond acceptors (Lipinski definition) is 4. The lowest BCUT2D eigenvalue weighted by Gasteiger charge is -2.33. The van der Waals surface area contributed by atoms with Gasteiger partial charge in [-0.05, 0) is 45.0 Å². The third-order valence-corrected chi connectivity index (χ3v) is 4.25. The van der Waals surface area contributed by atoms with Crippen LogP contribution in [0, 0.1) is 5.92 Å². The van der Waals surface area contributed by atoms with Crippen molar-refractivity contribution in [2.75, 3.05) is 36.9 Å². The number of para-hydroxylation sites is 2. The molecule has 1 heterocycles. The fourth-order valence-electron chi connectivity index (χ4n) is 2.90. The Hall–Kier alpha value is -1.50. The summed E-state index contributed by atoms with van der Waals surface area (Å²) >= 11 is 0. The Kier molecular flexibility index (Phi) is 11.2. The largest absolute Gasteiger partial charge is 0.370 e. The highest BCUT2D eigenvalue weighted by molar-refractivity contribution is 5.94. The van der Waals surface area contributed by atoms with Gasteiger partial charge in [0.25, 0.3) is 0 Å². The van der Waals surface area contributed by atoms with Gasteiger partial charge in [0.05, 0.1) is 11.4 Å². The Morgan fingerprint density at radius 2 is 1.84 bits per heavy atom. The number of rotatable bonds is 7. The molecule has 6 nitrogen and oxygen atoms in total. The van der Waals surface area contributed by atoms with E-state index < -0.39 is 0 Å². The first kappa shape index (κ1) is 23.5. The average molecular weight is 391 g/mol. The Morgan fingerprint density at radius 3 is 2.44 bits per heavy atom. The Balaban J connectivity index is 0.00000288. The fourth-order valence-corrected chi connectivity index (χ4v) is 2.90. The molecule has 0 aromatic heterocycles. The molecule has 1 fully saturated rings. The maximum atomic E-state index is 12.0. The van der Waals surface area contributed by atoms with E-state index in [0.717, 1.165) is 50.3 Å². The predicted octanol–water partition coefficient (Wildman–Crippen LogP) is 2.17. The number of piperidine rings is 1. The van der Waals surface area contributed by atoms with Gasteiger partial charge in [0.15, 0.2) is 0 Å². The number of nitrogens with two attached hydrogens (primary N) is 1. The molecule has 0 atom stereocenters. The van der Waals surface area contributed by atoms with E-state index in [4.69, 9.17) is 5.73 Å². The molecule has 1 aromatic rings. The van der Waals surface area contributed by atoms with Gasteiger partial charge >= 0.3 is 0 Å². The fraction of sp³-hybridized carbons (Fsp3) is 0.529. The van der Waals surface area contributed by atoms with Crippen LogP contribution in [-0.2, 0) is 9.59 Å². The minimum Gasteiger partial charge on any atom is -0.370 e. The lowest BCUT2D eigenvalue weighted by Crippen LogP contribution is -2.38. The first-order valence-corrected chi connectivity index (χ1v) is 8.19. The molecular formula is C17H28Cl2N4O2. The summed E-state index contributed by atoms with van der Waals surface area (Å²) in [5, 5.41) is 6.04. The van der Waals surface area contributed by atoms with Crippen LogP contribution in [0.15, 0.2) is 24.3 Å². The van der Waals surface area contributed by atoms with Gasteiger partial charge in [0.2, 0.25) is 11.8 Å². The zero-order valence-electron chi connectivity index (χ0n) is 14.5. The number of amides is 2. The number of hydrogen-bond donors (Lipinski definition) is 3. The van der Waals surface area contributed by atoms with Crippen molar-refractivity contribution in [3.63, 3.8) is 0 Å². The van der Waals surface area contributed by atoms with E-state index in [1.807, 2.05) is 31.3 Å². The Bertz CT molecular complexity index is 549. The highest BCUT2D eigenvalue weighted by Gasteiger charge is 2.24. The van der Waals surface area contributed by atoms with E-state index in [1.165, 1.54) is 0 Å². The van der Waals surface area contributed by atoms with Crippen molar-refractivity contribution >= 4 is 48.0 Å². The number of nitrogens with one attached hydrogen (secondary N) is 2. The van der Waals surface area contributed by atoms with E-state index >= 15 is 0 Å². The summed E-state index contributed by atoms with van der Waals surface area (Å²) in [5.74, 6) is -0.218. The summed E-state index contributed by atoms with van der Waals surface area (Å²) in [5.41, 5.74) is 7.23. The number of carbonyl (C=O) groups excluding carboxylic acids is 2. The number of primary amides is 1. The van der Waals surface area contributed by atoms with E-state index in [9.17, 15) is 9.59 Å². The highest BCUT2D eigenvalue weighted by Crippen LogP contribution is 2.29. The zero-order chi connectivity index (χ0) is 16.7. The monoisotopic (exact) mass is 390 g/mol. The van der Waals surface area contributed by atoms with Gasteiger partial charge in [0, 0.05) is 25.4 Å². The van der Waals surface area contributed by atoms with Crippen LogP contribution in [0.25, 0.3) is 0 Å². The van der Waals surface area contributed by atoms with Gasteiger partial charge < -0.3 is 21.3 Å². The number of benzene rings is 1. The summed E-state index contributed by atoms with van der Waals surface area (Å²) in [6.45, 7) is 2.39. The molecule has 2 amide bonds. The summed E-state index contributed by atoms with van der Waals surface area (Å²) < 4.78 is 0. The second kappa shape index (κ2) is 12.0. The molecule has 4 N–H and O–H groups in total. The molecule has 142 valence electrons. The topological polar surface area (TPSA) is 87.5 Å². The van der Waals surface area contributed by atoms with Crippen molar-refractivity contribution in [1.82, 2.24) is 5.32 Å². The van der Waals surface area contributed by atoms with Gasteiger partial charge in [-0.1, -0.05) is 12.1 Å². The van der Waals surface area contributed by atoms with Crippen LogP contribution >= 0.6 is 24.8 Å². The van der Waals surface area contributed by atoms with Gasteiger partial charge in [-0.2, -0.15) is 0 Å². The molecule has 1 aromatic carbocycles. The molecule has 0 saturated carbocycles. The van der Waals surface area contributed by atoms with Crippen LogP contribution in [0.1, 0.15) is 25.7 Å². The molecule has 0 spiro atoms. The van der Waals surface area contributed by atoms with Crippen molar-refractivity contribution in [2.24, 2.45) is 11.7 Å². The highest BCUT2D eigenvalue weighted by atomic mass is 35.5. The average Bonchev–Trinajstić information content (AvgIpc) is 2.56. The predicted molar refractivity (Wildman–Crippen MR) is 107 cm³/mol. The first-order chi connectivity index (χ1) is 11.1. The quantitative estimate of drug-likeness (QED) is 0.622. The maximum absolute atomic E-state index is 12.0. The number of nitrogens with zero attached hydrogens (tertiary/aromatic N) is 1. The SMILES string of the molecule is CNCCCC(=O)Nc1ccccc1N1CCC(C(N)=O)CC1.Cl.Cl. The van der Waals surface area contributed by atoms with Crippen LogP contribution in [-0.4, -0.2) is 38.5 Å². The molecule has 8 heteroatoms. The maximum Gasteiger partial charge on any atom is 0.224 e. The van der Waals surface area contributed by atoms with Crippen LogP contribution in [0.3, 0.4) is 0 Å². The lowest BCUT2D eigenvalue weighted by atomic mass is 9.96. The molecule has 1 aliphatic heterocycles. The van der Waals surface area contributed by atoms with Crippen LogP contribution in [0.4, 0.5) is 11.4 Å². The van der Waals surface area contributed by atoms with Gasteiger partial charge in [-0.15, -0.1) is 24.8 Å². The lowest BCUT2D eigenvalue weighted by molar-refractivity contribution is -0.122. The Labute approximate surface area is 161 Å². The minimum absolute atomic E-state index is 0. The van der Waals surface area contributed by atoms with E-state index in [0.29, 0.717) is 6.42 Å². The number of anilines is 2. The van der Waals surface area contributed by atoms with Crippen molar-refractivity contribution in [3.8, 4) is 0 Å². The van der Waals surface area contributed by atoms with Crippen LogP contribution in [0.5, 0.6) is 0 Å². The molecule has 25 heavy (non-hydrogen) atoms. The van der Waals surface area contributed by atoms with E-state index in [1.54, 1.807) is 0 Å². The Morgan fingerprint density at radius 1 is 1.20 bits per heavy atom. The van der Waals surface area contributed by atoms with Gasteiger partial charge in [0.1, 0.15) is 0 Å². The summed E-state index contributed by atoms with van der Waals surface area (Å²) in [7, 11) is 1.88. The summed E-state index contributed by atoms with van der Waals surface area (Å²) in [6, 6.07) is 7.81. The van der Waals surface area contributed by atoms with Gasteiger partial charge in [-0.25, -0.2) is 0 Å². The van der Waals surface area contributed by atoms with Crippen molar-refractivity contribution in [2.45, 2.75) is 25.7 Å². The van der Waals surface area contributed by atoms with E-state index in [2.05, 4.69) is 15.5 Å². The number of carbonyl (C=O) groups is 2. The second-order valence-corrected chi connectivity index (χ2v) is 5.94. The standard InChI is InChI=1S/C17H26N4O2.2ClH/c1-19-10-4-7-16(22)20-14-5-2-3-6-15(14)21-11-8-13(9-12-21)17(18)23;;/h2-3,5-6,13,19H,4,7-12H2,1H3,(H2,18,23)(H,20,22);2*1H. The van der Waals surface area contributed by atoms with Crippen LogP contribution < -0.4 is 21.3 Å². The first-order valence-electron chi connectivity index (χ1n) is 8.19. The van der Waals surface area contributed by atoms with E-state index in [-0.39, 0.29) is 42.5 Å². The second-order valence-electron chi connectivity index (χ2n) is 5.94. The van der Waals surface area contributed by atoms with Crippen LogP contribution in [0.2, 0.25) is 0 Å². The molecule has 2 rings (SSSR count). The van der Waals surface area contributed by atoms with Crippen molar-refractivity contribution < 1.29 is 9.59 Å². The third kappa shape index (κ3) is 7.10. The smallest absolute Gasteiger partial charge is 0.224 e. The normalized spacial score (nSPS) is 14.2. The third-order valence-electron chi connectivity index (χ3n) is 4.25. The minimum atomic E-state index is -0.212. The zero-order valence-corrected chi connectivity index (χ0v) is 16.1. The van der Waals surface area contributed by atoms with Crippen molar-refractivity contribution in [3.05, 3.63) is 24.3 Å². The number of halogens is 2. The molecule has 0 radical (unpaired) electrons. The summed E-state index contributed by atoms with van der Waals surface area (Å²) in [6.07, 6.45) is 2.84. The molecule has 0 unspecified atom stereocenters. The molecule has 0 aliphatic carbocycles. The molecule has 0 bridgehead atoms. The molecule has 1 saturated heterocycles.